The molecule has 8 heteroatoms. The third-order valence-electron chi connectivity index (χ3n) is 3.41. The van der Waals surface area contributed by atoms with E-state index in [4.69, 9.17) is 5.11 Å². The van der Waals surface area contributed by atoms with Crippen molar-refractivity contribution in [3.63, 3.8) is 0 Å². The Morgan fingerprint density at radius 3 is 2.65 bits per heavy atom. The first-order valence-electron chi connectivity index (χ1n) is 6.54. The molecule has 1 fully saturated rings. The molecule has 8 nitrogen and oxygen atoms in total. The number of amides is 1. The van der Waals surface area contributed by atoms with Crippen LogP contribution < -0.4 is 5.32 Å². The first kappa shape index (κ1) is 14.4. The molecule has 110 valence electrons. The van der Waals surface area contributed by atoms with Crippen LogP contribution in [0.2, 0.25) is 0 Å². The second kappa shape index (κ2) is 5.20. The maximum absolute atomic E-state index is 12.3. The van der Waals surface area contributed by atoms with Gasteiger partial charge >= 0.3 is 5.97 Å². The molecule has 0 aromatic carbocycles. The Morgan fingerprint density at radius 1 is 1.50 bits per heavy atom. The van der Waals surface area contributed by atoms with Gasteiger partial charge in [0.1, 0.15) is 0 Å². The molecule has 0 radical (unpaired) electrons. The minimum atomic E-state index is -1.10. The first-order valence-corrected chi connectivity index (χ1v) is 6.54. The van der Waals surface area contributed by atoms with E-state index >= 15 is 0 Å². The highest BCUT2D eigenvalue weighted by Crippen LogP contribution is 2.23. The summed E-state index contributed by atoms with van der Waals surface area (Å²) in [6.45, 7) is 7.43. The van der Waals surface area contributed by atoms with Gasteiger partial charge in [-0.3, -0.25) is 4.79 Å². The Bertz CT molecular complexity index is 519. The lowest BCUT2D eigenvalue weighted by Gasteiger charge is -2.42. The highest BCUT2D eigenvalue weighted by Gasteiger charge is 2.39. The van der Waals surface area contributed by atoms with Gasteiger partial charge in [-0.1, -0.05) is 12.1 Å². The number of likely N-dealkylation sites (tertiary alicyclic amines) is 1. The van der Waals surface area contributed by atoms with Crippen LogP contribution in [0, 0.1) is 0 Å². The lowest BCUT2D eigenvalue weighted by Crippen LogP contribution is -2.60. The van der Waals surface area contributed by atoms with Crippen LogP contribution in [0.1, 0.15) is 37.3 Å². The summed E-state index contributed by atoms with van der Waals surface area (Å²) in [7, 11) is 0. The van der Waals surface area contributed by atoms with Gasteiger partial charge in [-0.15, -0.1) is 5.10 Å². The summed E-state index contributed by atoms with van der Waals surface area (Å²) in [5, 5.41) is 19.3. The number of hydrogen-bond acceptors (Lipinski definition) is 5. The van der Waals surface area contributed by atoms with Crippen molar-refractivity contribution in [3.8, 4) is 0 Å². The summed E-state index contributed by atoms with van der Waals surface area (Å²) >= 11 is 0. The summed E-state index contributed by atoms with van der Waals surface area (Å²) in [5.74, 6) is -1.06. The van der Waals surface area contributed by atoms with Crippen molar-refractivity contribution >= 4 is 11.9 Å². The Morgan fingerprint density at radius 2 is 2.15 bits per heavy atom. The molecule has 1 amide bonds. The van der Waals surface area contributed by atoms with Gasteiger partial charge in [0.15, 0.2) is 5.69 Å². The second-order valence-corrected chi connectivity index (χ2v) is 5.41. The quantitative estimate of drug-likeness (QED) is 0.771. The Hall–Kier alpha value is -1.96. The molecule has 2 N–H and O–H groups in total. The maximum atomic E-state index is 12.3. The van der Waals surface area contributed by atoms with Crippen LogP contribution in [-0.2, 0) is 4.79 Å². The normalized spacial score (nSPS) is 16.1. The van der Waals surface area contributed by atoms with E-state index in [1.165, 1.54) is 10.9 Å². The Labute approximate surface area is 116 Å². The van der Waals surface area contributed by atoms with Crippen molar-refractivity contribution in [2.45, 2.75) is 32.4 Å². The Balaban J connectivity index is 1.93. The third kappa shape index (κ3) is 2.64. The first-order chi connectivity index (χ1) is 9.35. The van der Waals surface area contributed by atoms with Gasteiger partial charge in [0, 0.05) is 13.1 Å². The van der Waals surface area contributed by atoms with Gasteiger partial charge in [-0.05, 0) is 20.4 Å². The van der Waals surface area contributed by atoms with Crippen molar-refractivity contribution < 1.29 is 14.7 Å². The number of aromatic carboxylic acids is 1. The number of nitrogens with zero attached hydrogens (tertiary/aromatic N) is 4. The number of carboxylic acids is 1. The molecule has 1 aliphatic rings. The summed E-state index contributed by atoms with van der Waals surface area (Å²) in [6.07, 6.45) is 1.39. The second-order valence-electron chi connectivity index (χ2n) is 5.41. The van der Waals surface area contributed by atoms with E-state index in [9.17, 15) is 9.59 Å². The molecule has 20 heavy (non-hydrogen) atoms. The number of nitrogens with one attached hydrogen (secondary N) is 1. The monoisotopic (exact) mass is 281 g/mol. The number of carboxylic acid groups (broad SMARTS) is 1. The van der Waals surface area contributed by atoms with Crippen molar-refractivity contribution in [2.24, 2.45) is 0 Å². The standard InChI is InChI=1S/C12H19N5O3/c1-4-13-12(2,3)11(20)16-5-8(6-16)17-7-9(10(18)19)14-15-17/h7-8,13H,4-6H2,1-3H3,(H,18,19). The molecule has 2 heterocycles. The van der Waals surface area contributed by atoms with E-state index in [2.05, 4.69) is 15.6 Å². The van der Waals surface area contributed by atoms with Gasteiger partial charge in [-0.25, -0.2) is 9.48 Å². The molecular formula is C12H19N5O3. The summed E-state index contributed by atoms with van der Waals surface area (Å²) in [5.41, 5.74) is -0.670. The lowest BCUT2D eigenvalue weighted by molar-refractivity contribution is -0.143. The van der Waals surface area contributed by atoms with Crippen LogP contribution in [0.4, 0.5) is 0 Å². The minimum absolute atomic E-state index is 0.00280. The molecule has 1 aromatic rings. The number of likely N-dealkylation sites (N-methyl/N-ethyl adjacent to an activating group) is 1. The van der Waals surface area contributed by atoms with Gasteiger partial charge in [0.05, 0.1) is 17.8 Å². The zero-order chi connectivity index (χ0) is 14.9. The summed E-state index contributed by atoms with van der Waals surface area (Å²) in [6, 6.07) is -0.00280. The van der Waals surface area contributed by atoms with E-state index in [1.807, 2.05) is 20.8 Å². The highest BCUT2D eigenvalue weighted by atomic mass is 16.4. The van der Waals surface area contributed by atoms with Gasteiger partial charge in [0.2, 0.25) is 5.91 Å². The number of aromatic nitrogens is 3. The smallest absolute Gasteiger partial charge is 0.358 e. The maximum Gasteiger partial charge on any atom is 0.358 e. The molecule has 1 saturated heterocycles. The van der Waals surface area contributed by atoms with E-state index in [-0.39, 0.29) is 17.6 Å². The van der Waals surface area contributed by atoms with Crippen molar-refractivity contribution in [1.29, 1.82) is 0 Å². The third-order valence-corrected chi connectivity index (χ3v) is 3.41. The zero-order valence-corrected chi connectivity index (χ0v) is 11.8. The topological polar surface area (TPSA) is 100 Å². The summed E-state index contributed by atoms with van der Waals surface area (Å²) in [4.78, 5) is 24.7. The van der Waals surface area contributed by atoms with Crippen molar-refractivity contribution in [2.75, 3.05) is 19.6 Å². The SMILES string of the molecule is CCNC(C)(C)C(=O)N1CC(n2cc(C(=O)O)nn2)C1. The minimum Gasteiger partial charge on any atom is -0.476 e. The van der Waals surface area contributed by atoms with Crippen LogP contribution >= 0.6 is 0 Å². The van der Waals surface area contributed by atoms with Crippen LogP contribution in [0.5, 0.6) is 0 Å². The fraction of sp³-hybridized carbons (Fsp3) is 0.667. The number of hydrogen-bond donors (Lipinski definition) is 2. The zero-order valence-electron chi connectivity index (χ0n) is 11.8. The van der Waals surface area contributed by atoms with Crippen LogP contribution in [0.15, 0.2) is 6.20 Å². The molecule has 2 rings (SSSR count). The molecule has 1 aliphatic heterocycles. The van der Waals surface area contributed by atoms with Crippen molar-refractivity contribution in [3.05, 3.63) is 11.9 Å². The average molecular weight is 281 g/mol. The van der Waals surface area contributed by atoms with Gasteiger partial charge in [-0.2, -0.15) is 0 Å². The molecule has 0 atom stereocenters. The van der Waals surface area contributed by atoms with E-state index < -0.39 is 11.5 Å². The highest BCUT2D eigenvalue weighted by molar-refractivity contribution is 5.86. The number of carbonyl (C=O) groups excluding carboxylic acids is 1. The predicted molar refractivity (Wildman–Crippen MR) is 70.4 cm³/mol. The summed E-state index contributed by atoms with van der Waals surface area (Å²) < 4.78 is 1.51. The van der Waals surface area contributed by atoms with Gasteiger partial charge in [0.25, 0.3) is 0 Å². The van der Waals surface area contributed by atoms with Crippen LogP contribution in [0.25, 0.3) is 0 Å². The lowest BCUT2D eigenvalue weighted by atomic mass is 9.99. The molecule has 1 aromatic heterocycles. The molecule has 0 aliphatic carbocycles. The predicted octanol–water partition coefficient (Wildman–Crippen LogP) is -0.252. The number of rotatable bonds is 5. The van der Waals surface area contributed by atoms with E-state index in [0.29, 0.717) is 13.1 Å². The van der Waals surface area contributed by atoms with Crippen LogP contribution in [0.3, 0.4) is 0 Å². The fourth-order valence-electron chi connectivity index (χ4n) is 2.25. The molecule has 0 saturated carbocycles. The fourth-order valence-corrected chi connectivity index (χ4v) is 2.25. The average Bonchev–Trinajstić information content (AvgIpc) is 2.76. The van der Waals surface area contributed by atoms with E-state index in [1.54, 1.807) is 4.90 Å². The van der Waals surface area contributed by atoms with Crippen molar-refractivity contribution in [1.82, 2.24) is 25.2 Å². The molecular weight excluding hydrogens is 262 g/mol. The number of carbonyl (C=O) groups is 2. The molecule has 0 spiro atoms. The molecule has 0 bridgehead atoms. The Kier molecular flexibility index (Phi) is 3.76. The van der Waals surface area contributed by atoms with E-state index in [0.717, 1.165) is 6.54 Å². The largest absolute Gasteiger partial charge is 0.476 e. The molecule has 0 unspecified atom stereocenters. The van der Waals surface area contributed by atoms with Gasteiger partial charge < -0.3 is 15.3 Å². The van der Waals surface area contributed by atoms with Crippen LogP contribution in [-0.4, -0.2) is 62.0 Å².